The molecule has 0 saturated heterocycles. The average Bonchev–Trinajstić information content (AvgIpc) is 3.47. The van der Waals surface area contributed by atoms with Crippen LogP contribution >= 0.6 is 0 Å². The standard InChI is InChI=1S/C21H17FO3/c1-9-15-16(9)21(15)17-18(21)19(17)25-14-7-6-12(8-13(14)22)10-2-4-11(5-3-10)20(23)24/h2-9,15-19H,1H3,(H,23,24). The normalized spacial score (nSPS) is 40.9. The zero-order chi connectivity index (χ0) is 17.1. The molecule has 0 bridgehead atoms. The number of hydrogen-bond donors (Lipinski definition) is 1. The van der Waals surface area contributed by atoms with Gasteiger partial charge in [-0.15, -0.1) is 0 Å². The van der Waals surface area contributed by atoms with Crippen LogP contribution in [0.5, 0.6) is 5.75 Å². The van der Waals surface area contributed by atoms with Gasteiger partial charge >= 0.3 is 5.97 Å². The number of rotatable bonds is 4. The van der Waals surface area contributed by atoms with E-state index >= 15 is 0 Å². The van der Waals surface area contributed by atoms with Gasteiger partial charge in [0.05, 0.1) is 5.56 Å². The van der Waals surface area contributed by atoms with Crippen LogP contribution in [-0.2, 0) is 0 Å². The van der Waals surface area contributed by atoms with Gasteiger partial charge in [0.2, 0.25) is 0 Å². The van der Waals surface area contributed by atoms with Crippen molar-refractivity contribution in [3.05, 3.63) is 53.8 Å². The molecule has 4 saturated carbocycles. The Morgan fingerprint density at radius 2 is 1.68 bits per heavy atom. The number of aromatic carboxylic acids is 1. The van der Waals surface area contributed by atoms with Crippen LogP contribution in [0.25, 0.3) is 11.1 Å². The third-order valence-electron chi connectivity index (χ3n) is 7.08. The van der Waals surface area contributed by atoms with E-state index in [4.69, 9.17) is 9.84 Å². The van der Waals surface area contributed by atoms with Crippen LogP contribution in [0, 0.1) is 40.8 Å². The Morgan fingerprint density at radius 3 is 2.24 bits per heavy atom. The Bertz CT molecular complexity index is 913. The zero-order valence-corrected chi connectivity index (χ0v) is 13.6. The summed E-state index contributed by atoms with van der Waals surface area (Å²) in [6, 6.07) is 11.4. The Morgan fingerprint density at radius 1 is 1.04 bits per heavy atom. The molecule has 4 heteroatoms. The molecule has 4 unspecified atom stereocenters. The minimum absolute atomic E-state index is 0.221. The van der Waals surface area contributed by atoms with Crippen molar-refractivity contribution in [2.75, 3.05) is 0 Å². The van der Waals surface area contributed by atoms with Crippen LogP contribution in [0.2, 0.25) is 0 Å². The summed E-state index contributed by atoms with van der Waals surface area (Å²) in [4.78, 5) is 10.9. The van der Waals surface area contributed by atoms with Crippen molar-refractivity contribution >= 4 is 5.97 Å². The fourth-order valence-corrected chi connectivity index (χ4v) is 5.72. The number of carboxylic acid groups (broad SMARTS) is 1. The van der Waals surface area contributed by atoms with Crippen LogP contribution < -0.4 is 4.74 Å². The minimum Gasteiger partial charge on any atom is -0.487 e. The van der Waals surface area contributed by atoms with Crippen LogP contribution in [0.3, 0.4) is 0 Å². The molecule has 2 aromatic carbocycles. The first-order valence-corrected chi connectivity index (χ1v) is 8.85. The van der Waals surface area contributed by atoms with Crippen molar-refractivity contribution in [2.24, 2.45) is 35.0 Å². The summed E-state index contributed by atoms with van der Waals surface area (Å²) in [6.07, 6.45) is 0.232. The summed E-state index contributed by atoms with van der Waals surface area (Å²) in [5.41, 5.74) is 2.37. The highest BCUT2D eigenvalue weighted by atomic mass is 19.1. The molecular weight excluding hydrogens is 319 g/mol. The van der Waals surface area contributed by atoms with Crippen molar-refractivity contribution in [2.45, 2.75) is 13.0 Å². The summed E-state index contributed by atoms with van der Waals surface area (Å²) < 4.78 is 20.3. The lowest BCUT2D eigenvalue weighted by Gasteiger charge is -2.20. The van der Waals surface area contributed by atoms with Gasteiger partial charge in [0.1, 0.15) is 6.10 Å². The first kappa shape index (κ1) is 13.9. The molecule has 4 aliphatic rings. The Kier molecular flexibility index (Phi) is 2.25. The van der Waals surface area contributed by atoms with Crippen molar-refractivity contribution in [1.82, 2.24) is 0 Å². The summed E-state index contributed by atoms with van der Waals surface area (Å²) in [6.45, 7) is 2.33. The lowest BCUT2D eigenvalue weighted by Crippen LogP contribution is -2.21. The second-order valence-electron chi connectivity index (χ2n) is 8.07. The van der Waals surface area contributed by atoms with E-state index in [2.05, 4.69) is 6.92 Å². The molecule has 3 nitrogen and oxygen atoms in total. The summed E-state index contributed by atoms with van der Waals surface area (Å²) >= 11 is 0. The second kappa shape index (κ2) is 4.06. The fraction of sp³-hybridized carbons (Fsp3) is 0.381. The number of benzene rings is 2. The molecule has 0 amide bonds. The highest BCUT2D eigenvalue weighted by molar-refractivity contribution is 5.88. The first-order chi connectivity index (χ1) is 12.0. The van der Waals surface area contributed by atoms with Crippen molar-refractivity contribution in [3.63, 3.8) is 0 Å². The van der Waals surface area contributed by atoms with Gasteiger partial charge in [-0.05, 0) is 58.6 Å². The van der Waals surface area contributed by atoms with Crippen LogP contribution in [0.1, 0.15) is 17.3 Å². The highest BCUT2D eigenvalue weighted by Gasteiger charge is 3.05. The predicted molar refractivity (Wildman–Crippen MR) is 88.8 cm³/mol. The molecule has 1 spiro atoms. The lowest BCUT2D eigenvalue weighted by atomic mass is 9.93. The Labute approximate surface area is 144 Å². The van der Waals surface area contributed by atoms with E-state index in [0.29, 0.717) is 23.0 Å². The van der Waals surface area contributed by atoms with E-state index in [1.807, 2.05) is 6.07 Å². The third kappa shape index (κ3) is 1.58. The van der Waals surface area contributed by atoms with Crippen LogP contribution in [0.4, 0.5) is 4.39 Å². The molecular formula is C21H17FO3. The van der Waals surface area contributed by atoms with Gasteiger partial charge in [-0.1, -0.05) is 25.1 Å². The monoisotopic (exact) mass is 336 g/mol. The average molecular weight is 336 g/mol. The highest BCUT2D eigenvalue weighted by Crippen LogP contribution is 3.04. The minimum atomic E-state index is -0.968. The molecule has 126 valence electrons. The zero-order valence-electron chi connectivity index (χ0n) is 13.6. The molecule has 0 radical (unpaired) electrons. The smallest absolute Gasteiger partial charge is 0.335 e. The number of fused-ring (bicyclic) bond motifs is 6. The quantitative estimate of drug-likeness (QED) is 0.915. The van der Waals surface area contributed by atoms with Gasteiger partial charge in [-0.25, -0.2) is 9.18 Å². The molecule has 4 atom stereocenters. The van der Waals surface area contributed by atoms with Gasteiger partial charge in [-0.2, -0.15) is 0 Å². The molecule has 0 aliphatic heterocycles. The topological polar surface area (TPSA) is 46.5 Å². The predicted octanol–water partition coefficient (Wildman–Crippen LogP) is 4.08. The van der Waals surface area contributed by atoms with Gasteiger partial charge in [0, 0.05) is 11.8 Å². The molecule has 2 aromatic rings. The molecule has 0 aromatic heterocycles. The maximum absolute atomic E-state index is 14.4. The van der Waals surface area contributed by atoms with E-state index in [0.717, 1.165) is 28.9 Å². The van der Waals surface area contributed by atoms with E-state index < -0.39 is 5.97 Å². The van der Waals surface area contributed by atoms with Gasteiger partial charge < -0.3 is 9.84 Å². The maximum atomic E-state index is 14.4. The van der Waals surface area contributed by atoms with Crippen LogP contribution in [-0.4, -0.2) is 17.2 Å². The Balaban J connectivity index is 1.16. The number of carboxylic acids is 1. The molecule has 0 heterocycles. The van der Waals surface area contributed by atoms with Crippen LogP contribution in [0.15, 0.2) is 42.5 Å². The van der Waals surface area contributed by atoms with E-state index in [1.165, 1.54) is 18.2 Å². The van der Waals surface area contributed by atoms with Gasteiger partial charge in [0.15, 0.2) is 11.6 Å². The molecule has 1 N–H and O–H groups in total. The lowest BCUT2D eigenvalue weighted by molar-refractivity contribution is 0.0697. The van der Waals surface area contributed by atoms with E-state index in [9.17, 15) is 9.18 Å². The van der Waals surface area contributed by atoms with Gasteiger partial charge in [0.25, 0.3) is 0 Å². The molecule has 6 rings (SSSR count). The largest absolute Gasteiger partial charge is 0.487 e. The second-order valence-corrected chi connectivity index (χ2v) is 8.07. The van der Waals surface area contributed by atoms with Gasteiger partial charge in [-0.3, -0.25) is 0 Å². The van der Waals surface area contributed by atoms with Crippen molar-refractivity contribution in [3.8, 4) is 16.9 Å². The summed E-state index contributed by atoms with van der Waals surface area (Å²) in [5.74, 6) is 3.26. The third-order valence-corrected chi connectivity index (χ3v) is 7.08. The number of carbonyl (C=O) groups is 1. The van der Waals surface area contributed by atoms with E-state index in [-0.39, 0.29) is 17.5 Å². The SMILES string of the molecule is CC1C2C1C21C2C(Oc3ccc(-c4ccc(C(=O)O)cc4)cc3F)C21. The molecule has 4 aliphatic carbocycles. The maximum Gasteiger partial charge on any atom is 0.335 e. The molecule has 25 heavy (non-hydrogen) atoms. The van der Waals surface area contributed by atoms with E-state index in [1.54, 1.807) is 18.2 Å². The Hall–Kier alpha value is -2.36. The summed E-state index contributed by atoms with van der Waals surface area (Å²) in [5, 5.41) is 8.94. The fourth-order valence-electron chi connectivity index (χ4n) is 5.72. The number of halogens is 1. The first-order valence-electron chi connectivity index (χ1n) is 8.85. The summed E-state index contributed by atoms with van der Waals surface area (Å²) in [7, 11) is 0. The van der Waals surface area contributed by atoms with Crippen molar-refractivity contribution in [1.29, 1.82) is 0 Å². The molecule has 4 fully saturated rings. The number of ether oxygens (including phenoxy) is 1. The number of hydrogen-bond acceptors (Lipinski definition) is 2. The van der Waals surface area contributed by atoms with Crippen molar-refractivity contribution < 1.29 is 19.0 Å².